The maximum atomic E-state index is 13.9. The average Bonchev–Trinajstić information content (AvgIpc) is 3.35. The van der Waals surface area contributed by atoms with E-state index < -0.39 is 5.82 Å². The van der Waals surface area contributed by atoms with Crippen molar-refractivity contribution in [1.82, 2.24) is 14.8 Å². The van der Waals surface area contributed by atoms with Gasteiger partial charge in [0.25, 0.3) is 0 Å². The molecule has 7 nitrogen and oxygen atoms in total. The fraction of sp³-hybridized carbons (Fsp3) is 0.174. The molecule has 31 heavy (non-hydrogen) atoms. The fourth-order valence-electron chi connectivity index (χ4n) is 3.38. The quantitative estimate of drug-likeness (QED) is 0.493. The number of carbonyl (C=O) groups is 1. The van der Waals surface area contributed by atoms with Gasteiger partial charge in [0.2, 0.25) is 17.7 Å². The number of methoxy groups -OCH3 is 1. The Bertz CT molecular complexity index is 1230. The summed E-state index contributed by atoms with van der Waals surface area (Å²) in [5, 5.41) is 11.0. The van der Waals surface area contributed by atoms with Crippen molar-refractivity contribution in [2.24, 2.45) is 0 Å². The summed E-state index contributed by atoms with van der Waals surface area (Å²) in [7, 11) is 1.39. The molecule has 0 bridgehead atoms. The van der Waals surface area contributed by atoms with Crippen LogP contribution in [0.4, 0.5) is 10.1 Å². The van der Waals surface area contributed by atoms with Gasteiger partial charge in [0.05, 0.1) is 12.7 Å². The number of anilines is 1. The first-order valence-corrected chi connectivity index (χ1v) is 9.65. The highest BCUT2D eigenvalue weighted by Gasteiger charge is 2.18. The van der Waals surface area contributed by atoms with Crippen molar-refractivity contribution >= 4 is 11.6 Å². The molecular formula is C23H21FN4O3. The number of nitrogens with one attached hydrogen (secondary N) is 1. The Morgan fingerprint density at radius 2 is 1.84 bits per heavy atom. The van der Waals surface area contributed by atoms with Gasteiger partial charge in [-0.25, -0.2) is 4.39 Å². The Morgan fingerprint density at radius 3 is 2.55 bits per heavy atom. The summed E-state index contributed by atoms with van der Waals surface area (Å²) < 4.78 is 26.5. The number of carbonyl (C=O) groups excluding carboxylic acids is 1. The second-order valence-corrected chi connectivity index (χ2v) is 7.05. The highest BCUT2D eigenvalue weighted by molar-refractivity contribution is 5.90. The molecule has 0 aliphatic rings. The van der Waals surface area contributed by atoms with Crippen LogP contribution in [-0.4, -0.2) is 27.8 Å². The predicted octanol–water partition coefficient (Wildman–Crippen LogP) is 4.61. The molecule has 0 fully saturated rings. The number of rotatable bonds is 6. The van der Waals surface area contributed by atoms with E-state index in [1.807, 2.05) is 54.8 Å². The minimum absolute atomic E-state index is 0.0605. The van der Waals surface area contributed by atoms with Gasteiger partial charge in [0, 0.05) is 28.7 Å². The third-order valence-electron chi connectivity index (χ3n) is 4.99. The summed E-state index contributed by atoms with van der Waals surface area (Å²) in [6.45, 7) is 3.84. The monoisotopic (exact) mass is 420 g/mol. The van der Waals surface area contributed by atoms with E-state index in [2.05, 4.69) is 15.5 Å². The molecule has 0 aliphatic heterocycles. The molecule has 0 unspecified atom stereocenters. The van der Waals surface area contributed by atoms with Gasteiger partial charge in [0.15, 0.2) is 11.6 Å². The zero-order valence-corrected chi connectivity index (χ0v) is 17.3. The van der Waals surface area contributed by atoms with E-state index in [9.17, 15) is 9.18 Å². The Morgan fingerprint density at radius 1 is 1.10 bits per heavy atom. The fourth-order valence-corrected chi connectivity index (χ4v) is 3.38. The van der Waals surface area contributed by atoms with Gasteiger partial charge in [-0.15, -0.1) is 10.2 Å². The second-order valence-electron chi connectivity index (χ2n) is 7.05. The number of nitrogens with zero attached hydrogens (tertiary/aromatic N) is 3. The lowest BCUT2D eigenvalue weighted by molar-refractivity contribution is -0.116. The van der Waals surface area contributed by atoms with Crippen LogP contribution in [0.25, 0.3) is 22.9 Å². The molecule has 0 saturated carbocycles. The molecule has 158 valence electrons. The average molecular weight is 420 g/mol. The van der Waals surface area contributed by atoms with E-state index in [-0.39, 0.29) is 18.2 Å². The van der Waals surface area contributed by atoms with Crippen molar-refractivity contribution in [3.63, 3.8) is 0 Å². The summed E-state index contributed by atoms with van der Waals surface area (Å²) in [5.41, 5.74) is 3.63. The van der Waals surface area contributed by atoms with E-state index >= 15 is 0 Å². The molecule has 0 aliphatic carbocycles. The molecular weight excluding hydrogens is 399 g/mol. The normalized spacial score (nSPS) is 10.8. The van der Waals surface area contributed by atoms with Crippen molar-refractivity contribution in [3.05, 3.63) is 71.8 Å². The topological polar surface area (TPSA) is 82.2 Å². The summed E-state index contributed by atoms with van der Waals surface area (Å²) in [6, 6.07) is 15.7. The Hall–Kier alpha value is -3.94. The van der Waals surface area contributed by atoms with Crippen molar-refractivity contribution in [3.8, 4) is 28.7 Å². The molecule has 1 amide bonds. The first kappa shape index (κ1) is 20.3. The third kappa shape index (κ3) is 4.18. The maximum absolute atomic E-state index is 13.9. The Kier molecular flexibility index (Phi) is 5.53. The van der Waals surface area contributed by atoms with Crippen LogP contribution < -0.4 is 10.1 Å². The van der Waals surface area contributed by atoms with Gasteiger partial charge >= 0.3 is 0 Å². The molecule has 0 spiro atoms. The van der Waals surface area contributed by atoms with Crippen LogP contribution in [0.1, 0.15) is 11.4 Å². The summed E-state index contributed by atoms with van der Waals surface area (Å²) in [5.74, 6) is 0.111. The molecule has 4 rings (SSSR count). The maximum Gasteiger partial charge on any atom is 0.249 e. The van der Waals surface area contributed by atoms with Crippen LogP contribution in [0, 0.1) is 19.7 Å². The number of hydrogen-bond acceptors (Lipinski definition) is 5. The van der Waals surface area contributed by atoms with Crippen LogP contribution in [0.15, 0.2) is 59.0 Å². The number of halogens is 1. The van der Waals surface area contributed by atoms with E-state index in [1.54, 1.807) is 6.07 Å². The number of hydrogen-bond donors (Lipinski definition) is 1. The molecule has 8 heteroatoms. The van der Waals surface area contributed by atoms with Gasteiger partial charge in [-0.3, -0.25) is 4.79 Å². The lowest BCUT2D eigenvalue weighted by Gasteiger charge is -2.11. The molecule has 2 aromatic heterocycles. The molecule has 0 radical (unpaired) electrons. The number of aryl methyl sites for hydroxylation is 1. The predicted molar refractivity (Wildman–Crippen MR) is 114 cm³/mol. The lowest BCUT2D eigenvalue weighted by atomic mass is 10.2. The number of amides is 1. The highest BCUT2D eigenvalue weighted by atomic mass is 19.1. The highest BCUT2D eigenvalue weighted by Crippen LogP contribution is 2.29. The molecule has 1 N–H and O–H groups in total. The van der Waals surface area contributed by atoms with Crippen LogP contribution in [0.2, 0.25) is 0 Å². The Labute approximate surface area is 178 Å². The van der Waals surface area contributed by atoms with Crippen molar-refractivity contribution in [2.45, 2.75) is 20.4 Å². The minimum atomic E-state index is -0.540. The molecule has 2 heterocycles. The van der Waals surface area contributed by atoms with Crippen LogP contribution in [0.5, 0.6) is 5.75 Å². The standard InChI is InChI=1S/C23H21FN4O3/c1-14-11-18(23-27-26-22(31-23)16-7-5-4-6-8-16)15(2)28(14)13-21(29)25-17-9-10-20(30-3)19(24)12-17/h4-12H,13H2,1-3H3,(H,25,29). The zero-order valence-electron chi connectivity index (χ0n) is 17.3. The van der Waals surface area contributed by atoms with Crippen molar-refractivity contribution in [1.29, 1.82) is 0 Å². The first-order chi connectivity index (χ1) is 15.0. The van der Waals surface area contributed by atoms with Crippen molar-refractivity contribution < 1.29 is 18.3 Å². The van der Waals surface area contributed by atoms with Gasteiger partial charge in [-0.2, -0.15) is 0 Å². The van der Waals surface area contributed by atoms with Gasteiger partial charge < -0.3 is 19.0 Å². The van der Waals surface area contributed by atoms with E-state index in [1.165, 1.54) is 19.2 Å². The number of aromatic nitrogens is 3. The summed E-state index contributed by atoms with van der Waals surface area (Å²) >= 11 is 0. The van der Waals surface area contributed by atoms with Crippen molar-refractivity contribution in [2.75, 3.05) is 12.4 Å². The number of benzene rings is 2. The van der Waals surface area contributed by atoms with E-state index in [0.717, 1.165) is 22.5 Å². The molecule has 4 aromatic rings. The first-order valence-electron chi connectivity index (χ1n) is 9.65. The third-order valence-corrected chi connectivity index (χ3v) is 4.99. The smallest absolute Gasteiger partial charge is 0.249 e. The number of ether oxygens (including phenoxy) is 1. The Balaban J connectivity index is 1.53. The largest absolute Gasteiger partial charge is 0.494 e. The van der Waals surface area contributed by atoms with Crippen LogP contribution in [-0.2, 0) is 11.3 Å². The van der Waals surface area contributed by atoms with Gasteiger partial charge in [0.1, 0.15) is 6.54 Å². The summed E-state index contributed by atoms with van der Waals surface area (Å²) in [6.07, 6.45) is 0. The van der Waals surface area contributed by atoms with Gasteiger partial charge in [-0.1, -0.05) is 18.2 Å². The zero-order chi connectivity index (χ0) is 22.0. The summed E-state index contributed by atoms with van der Waals surface area (Å²) in [4.78, 5) is 12.5. The van der Waals surface area contributed by atoms with E-state index in [0.29, 0.717) is 17.5 Å². The van der Waals surface area contributed by atoms with Crippen LogP contribution in [0.3, 0.4) is 0 Å². The molecule has 2 aromatic carbocycles. The molecule has 0 atom stereocenters. The molecule has 0 saturated heterocycles. The lowest BCUT2D eigenvalue weighted by Crippen LogP contribution is -2.20. The minimum Gasteiger partial charge on any atom is -0.494 e. The van der Waals surface area contributed by atoms with Gasteiger partial charge in [-0.05, 0) is 44.2 Å². The van der Waals surface area contributed by atoms with Crippen LogP contribution >= 0.6 is 0 Å². The second kappa shape index (κ2) is 8.43. The van der Waals surface area contributed by atoms with E-state index in [4.69, 9.17) is 9.15 Å². The SMILES string of the molecule is COc1ccc(NC(=O)Cn2c(C)cc(-c3nnc(-c4ccccc4)o3)c2C)cc1F.